The van der Waals surface area contributed by atoms with Crippen molar-refractivity contribution in [3.05, 3.63) is 51.7 Å². The van der Waals surface area contributed by atoms with Crippen LogP contribution in [-0.2, 0) is 14.1 Å². The average molecular weight is 309 g/mol. The maximum Gasteiger partial charge on any atom is 0.498 e. The van der Waals surface area contributed by atoms with E-state index in [-0.39, 0.29) is 29.6 Å². The van der Waals surface area contributed by atoms with Gasteiger partial charge in [0, 0.05) is 12.1 Å². The molecule has 1 aromatic carbocycles. The molecular weight excluding hydrogens is 292 g/mol. The summed E-state index contributed by atoms with van der Waals surface area (Å²) in [4.78, 5) is 11.9. The Morgan fingerprint density at radius 3 is 2.24 bits per heavy atom. The molecule has 0 bridgehead atoms. The average Bonchev–Trinajstić information content (AvgIpc) is 2.38. The zero-order valence-corrected chi connectivity index (χ0v) is 12.8. The zero-order chi connectivity index (χ0) is 14.9. The molecule has 0 spiro atoms. The second kappa shape index (κ2) is 6.45. The zero-order valence-electron chi connectivity index (χ0n) is 12.0. The van der Waals surface area contributed by atoms with Crippen molar-refractivity contribution in [1.29, 1.82) is 0 Å². The molecule has 0 atom stereocenters. The molecule has 0 unspecified atom stereocenters. The lowest BCUT2D eigenvalue weighted by atomic mass is 10.1. The van der Waals surface area contributed by atoms with Crippen LogP contribution in [0.5, 0.6) is 11.5 Å². The van der Waals surface area contributed by atoms with Crippen LogP contribution < -0.4 is 22.7 Å². The van der Waals surface area contributed by atoms with Crippen LogP contribution in [0.1, 0.15) is 17.0 Å². The van der Waals surface area contributed by atoms with E-state index in [4.69, 9.17) is 0 Å². The number of hydrogen-bond acceptors (Lipinski definition) is 3. The van der Waals surface area contributed by atoms with Gasteiger partial charge in [-0.05, 0) is 30.7 Å². The molecule has 0 aliphatic carbocycles. The SMILES string of the molecule is Cc1cc(/C=C/c2cc(O)cc(O)c2)n(C)c(=O)[n+]1C.[Cl-]. The molecule has 2 N–H and O–H groups in total. The van der Waals surface area contributed by atoms with Gasteiger partial charge in [0.05, 0.1) is 14.1 Å². The van der Waals surface area contributed by atoms with Gasteiger partial charge in [-0.2, -0.15) is 13.9 Å². The predicted molar refractivity (Wildman–Crippen MR) is 76.3 cm³/mol. The van der Waals surface area contributed by atoms with Gasteiger partial charge in [0.25, 0.3) is 0 Å². The third kappa shape index (κ3) is 3.64. The molecule has 0 aliphatic rings. The van der Waals surface area contributed by atoms with E-state index in [2.05, 4.69) is 0 Å². The van der Waals surface area contributed by atoms with E-state index in [1.54, 1.807) is 30.8 Å². The van der Waals surface area contributed by atoms with Gasteiger partial charge < -0.3 is 22.6 Å². The summed E-state index contributed by atoms with van der Waals surface area (Å²) >= 11 is 0. The summed E-state index contributed by atoms with van der Waals surface area (Å²) < 4.78 is 3.10. The van der Waals surface area contributed by atoms with E-state index in [0.717, 1.165) is 11.4 Å². The largest absolute Gasteiger partial charge is 1.00 e. The first kappa shape index (κ1) is 16.8. The Balaban J connectivity index is 0.00000220. The lowest BCUT2D eigenvalue weighted by Gasteiger charge is -2.02. The van der Waals surface area contributed by atoms with E-state index in [1.165, 1.54) is 22.8 Å². The summed E-state index contributed by atoms with van der Waals surface area (Å²) in [5.74, 6) is -0.0108. The van der Waals surface area contributed by atoms with Gasteiger partial charge in [-0.25, -0.2) is 0 Å². The highest BCUT2D eigenvalue weighted by molar-refractivity contribution is 5.69. The minimum atomic E-state index is -0.108. The highest BCUT2D eigenvalue weighted by Gasteiger charge is 2.11. The van der Waals surface area contributed by atoms with Crippen molar-refractivity contribution in [2.45, 2.75) is 6.92 Å². The van der Waals surface area contributed by atoms with Crippen LogP contribution in [0.4, 0.5) is 0 Å². The second-order valence-corrected chi connectivity index (χ2v) is 4.73. The molecule has 0 saturated carbocycles. The van der Waals surface area contributed by atoms with Gasteiger partial charge >= 0.3 is 5.69 Å². The Morgan fingerprint density at radius 1 is 1.10 bits per heavy atom. The fourth-order valence-electron chi connectivity index (χ4n) is 1.95. The standard InChI is InChI=1S/C15H16N2O3.ClH/c1-10-6-12(17(3)15(20)16(10)2)5-4-11-7-13(18)9-14(19)8-11;/h4-9H,1-3H3,(H-,18,19);1H/b5-4+;. The highest BCUT2D eigenvalue weighted by Crippen LogP contribution is 2.21. The van der Waals surface area contributed by atoms with Gasteiger partial charge in [-0.1, -0.05) is 6.08 Å². The Bertz CT molecular complexity index is 731. The number of rotatable bonds is 2. The smallest absolute Gasteiger partial charge is 0.498 e. The highest BCUT2D eigenvalue weighted by atomic mass is 35.5. The number of benzene rings is 1. The summed E-state index contributed by atoms with van der Waals surface area (Å²) in [6.07, 6.45) is 3.50. The molecule has 1 aromatic heterocycles. The van der Waals surface area contributed by atoms with Crippen LogP contribution in [-0.4, -0.2) is 14.8 Å². The number of phenols is 2. The normalized spacial score (nSPS) is 10.6. The Labute approximate surface area is 128 Å². The number of nitrogens with zero attached hydrogens (tertiary/aromatic N) is 2. The topological polar surface area (TPSA) is 66.3 Å². The molecular formula is C15H17ClN2O3. The van der Waals surface area contributed by atoms with E-state index < -0.39 is 0 Å². The summed E-state index contributed by atoms with van der Waals surface area (Å²) in [5, 5.41) is 18.8. The lowest BCUT2D eigenvalue weighted by molar-refractivity contribution is -0.696. The molecule has 0 fully saturated rings. The predicted octanol–water partition coefficient (Wildman–Crippen LogP) is -1.90. The molecule has 0 aliphatic heterocycles. The number of aromatic hydroxyl groups is 2. The molecule has 0 amide bonds. The first-order valence-corrected chi connectivity index (χ1v) is 6.16. The first-order valence-electron chi connectivity index (χ1n) is 6.16. The number of phenolic OH excluding ortho intramolecular Hbond substituents is 2. The maximum atomic E-state index is 11.9. The number of aromatic nitrogens is 2. The van der Waals surface area contributed by atoms with Crippen molar-refractivity contribution in [1.82, 2.24) is 4.57 Å². The molecule has 0 radical (unpaired) electrons. The van der Waals surface area contributed by atoms with Crippen molar-refractivity contribution in [3.63, 3.8) is 0 Å². The monoisotopic (exact) mass is 308 g/mol. The van der Waals surface area contributed by atoms with Crippen molar-refractivity contribution in [2.75, 3.05) is 0 Å². The van der Waals surface area contributed by atoms with E-state index in [9.17, 15) is 15.0 Å². The Morgan fingerprint density at radius 2 is 1.67 bits per heavy atom. The van der Waals surface area contributed by atoms with Gasteiger partial charge in [-0.15, -0.1) is 0 Å². The first-order chi connectivity index (χ1) is 9.38. The number of halogens is 1. The van der Waals surface area contributed by atoms with Crippen molar-refractivity contribution in [3.8, 4) is 11.5 Å². The fraction of sp³-hybridized carbons (Fsp3) is 0.200. The van der Waals surface area contributed by atoms with E-state index in [1.807, 2.05) is 13.0 Å². The van der Waals surface area contributed by atoms with Gasteiger partial charge in [-0.3, -0.25) is 0 Å². The lowest BCUT2D eigenvalue weighted by Crippen LogP contribution is -3.00. The van der Waals surface area contributed by atoms with Crippen LogP contribution in [0.2, 0.25) is 0 Å². The molecule has 1 heterocycles. The van der Waals surface area contributed by atoms with Crippen LogP contribution in [0.25, 0.3) is 12.2 Å². The summed E-state index contributed by atoms with van der Waals surface area (Å²) in [5.41, 5.74) is 2.14. The van der Waals surface area contributed by atoms with Crippen LogP contribution in [0.3, 0.4) is 0 Å². The minimum Gasteiger partial charge on any atom is -1.00 e. The maximum absolute atomic E-state index is 11.9. The summed E-state index contributed by atoms with van der Waals surface area (Å²) in [7, 11) is 3.42. The molecule has 112 valence electrons. The summed E-state index contributed by atoms with van der Waals surface area (Å²) in [6, 6.07) is 6.22. The van der Waals surface area contributed by atoms with E-state index >= 15 is 0 Å². The van der Waals surface area contributed by atoms with Crippen LogP contribution in [0, 0.1) is 6.92 Å². The Hall–Kier alpha value is -2.27. The van der Waals surface area contributed by atoms with Crippen molar-refractivity contribution in [2.24, 2.45) is 14.1 Å². The quantitative estimate of drug-likeness (QED) is 0.637. The van der Waals surface area contributed by atoms with Gasteiger partial charge in [0.2, 0.25) is 0 Å². The third-order valence-electron chi connectivity index (χ3n) is 3.22. The summed E-state index contributed by atoms with van der Waals surface area (Å²) in [6.45, 7) is 1.86. The van der Waals surface area contributed by atoms with Gasteiger partial charge in [0.1, 0.15) is 22.9 Å². The second-order valence-electron chi connectivity index (χ2n) is 4.73. The molecule has 21 heavy (non-hydrogen) atoms. The molecule has 6 heteroatoms. The molecule has 2 rings (SSSR count). The van der Waals surface area contributed by atoms with Crippen LogP contribution >= 0.6 is 0 Å². The van der Waals surface area contributed by atoms with E-state index in [0.29, 0.717) is 5.56 Å². The number of hydrogen-bond donors (Lipinski definition) is 2. The fourth-order valence-corrected chi connectivity index (χ4v) is 1.95. The van der Waals surface area contributed by atoms with Crippen LogP contribution in [0.15, 0.2) is 29.1 Å². The third-order valence-corrected chi connectivity index (χ3v) is 3.22. The Kier molecular flexibility index (Phi) is 5.16. The van der Waals surface area contributed by atoms with Crippen molar-refractivity contribution < 1.29 is 27.2 Å². The molecule has 2 aromatic rings. The number of aryl methyl sites for hydroxylation is 1. The van der Waals surface area contributed by atoms with Crippen molar-refractivity contribution >= 4 is 12.2 Å². The van der Waals surface area contributed by atoms with Gasteiger partial charge in [0.15, 0.2) is 0 Å². The molecule has 5 nitrogen and oxygen atoms in total. The minimum absolute atomic E-state index is 0. The molecule has 0 saturated heterocycles.